The predicted molar refractivity (Wildman–Crippen MR) is 58.8 cm³/mol. The number of rotatable bonds is 4. The number of hydrogen-bond acceptors (Lipinski definition) is 3. The van der Waals surface area contributed by atoms with Gasteiger partial charge in [-0.3, -0.25) is 14.6 Å². The summed E-state index contributed by atoms with van der Waals surface area (Å²) in [6.45, 7) is 3.11. The molecule has 16 heavy (non-hydrogen) atoms. The maximum Gasteiger partial charge on any atom is 0.307 e. The van der Waals surface area contributed by atoms with Crippen LogP contribution >= 0.6 is 0 Å². The van der Waals surface area contributed by atoms with Gasteiger partial charge in [0.05, 0.1) is 5.92 Å². The first-order valence-electron chi connectivity index (χ1n) is 4.96. The lowest BCUT2D eigenvalue weighted by Crippen LogP contribution is -2.29. The van der Waals surface area contributed by atoms with E-state index in [2.05, 4.69) is 10.3 Å². The molecule has 5 heteroatoms. The first kappa shape index (κ1) is 12.2. The van der Waals surface area contributed by atoms with E-state index in [-0.39, 0.29) is 5.91 Å². The number of carboxylic acids is 1. The van der Waals surface area contributed by atoms with Crippen LogP contribution in [0.2, 0.25) is 0 Å². The van der Waals surface area contributed by atoms with Gasteiger partial charge in [0.25, 0.3) is 0 Å². The van der Waals surface area contributed by atoms with E-state index in [0.717, 1.165) is 0 Å². The van der Waals surface area contributed by atoms with Crippen LogP contribution in [0.5, 0.6) is 0 Å². The molecule has 0 fully saturated rings. The third kappa shape index (κ3) is 3.05. The molecule has 1 aromatic rings. The normalized spacial score (nSPS) is 13.9. The maximum absolute atomic E-state index is 11.7. The van der Waals surface area contributed by atoms with Crippen molar-refractivity contribution in [1.29, 1.82) is 0 Å². The molecular formula is C11H14N2O3. The topological polar surface area (TPSA) is 79.3 Å². The van der Waals surface area contributed by atoms with Gasteiger partial charge in [-0.05, 0) is 12.1 Å². The molecule has 0 aromatic carbocycles. The molecule has 1 amide bonds. The van der Waals surface area contributed by atoms with Gasteiger partial charge in [0.15, 0.2) is 0 Å². The lowest BCUT2D eigenvalue weighted by molar-refractivity contribution is -0.145. The van der Waals surface area contributed by atoms with Crippen molar-refractivity contribution in [1.82, 2.24) is 4.98 Å². The lowest BCUT2D eigenvalue weighted by Gasteiger charge is -2.15. The van der Waals surface area contributed by atoms with Crippen LogP contribution < -0.4 is 5.32 Å². The number of aliphatic carboxylic acids is 1. The molecule has 2 atom stereocenters. The van der Waals surface area contributed by atoms with Gasteiger partial charge in [-0.1, -0.05) is 13.8 Å². The van der Waals surface area contributed by atoms with E-state index >= 15 is 0 Å². The molecule has 0 saturated heterocycles. The SMILES string of the molecule is CC(C(=O)O)C(C)C(=O)Nc1ccncc1. The van der Waals surface area contributed by atoms with Gasteiger partial charge in [0.1, 0.15) is 0 Å². The summed E-state index contributed by atoms with van der Waals surface area (Å²) >= 11 is 0. The number of carboxylic acid groups (broad SMARTS) is 1. The molecule has 0 saturated carbocycles. The smallest absolute Gasteiger partial charge is 0.307 e. The highest BCUT2D eigenvalue weighted by Crippen LogP contribution is 2.14. The molecule has 5 nitrogen and oxygen atoms in total. The van der Waals surface area contributed by atoms with Crippen molar-refractivity contribution in [3.05, 3.63) is 24.5 Å². The fourth-order valence-electron chi connectivity index (χ4n) is 1.13. The number of amides is 1. The van der Waals surface area contributed by atoms with Crippen molar-refractivity contribution in [3.63, 3.8) is 0 Å². The van der Waals surface area contributed by atoms with Crippen molar-refractivity contribution in [3.8, 4) is 0 Å². The molecule has 0 spiro atoms. The van der Waals surface area contributed by atoms with Crippen LogP contribution in [-0.2, 0) is 9.59 Å². The summed E-state index contributed by atoms with van der Waals surface area (Å²) in [5, 5.41) is 11.4. The summed E-state index contributed by atoms with van der Waals surface area (Å²) in [4.78, 5) is 26.2. The Balaban J connectivity index is 2.63. The van der Waals surface area contributed by atoms with Gasteiger partial charge in [0.2, 0.25) is 5.91 Å². The van der Waals surface area contributed by atoms with Gasteiger partial charge in [-0.2, -0.15) is 0 Å². The van der Waals surface area contributed by atoms with E-state index in [1.165, 1.54) is 6.92 Å². The zero-order valence-corrected chi connectivity index (χ0v) is 9.18. The van der Waals surface area contributed by atoms with Crippen LogP contribution in [0.25, 0.3) is 0 Å². The third-order valence-electron chi connectivity index (χ3n) is 2.50. The monoisotopic (exact) mass is 222 g/mol. The summed E-state index contributed by atoms with van der Waals surface area (Å²) in [5.41, 5.74) is 0.615. The highest BCUT2D eigenvalue weighted by atomic mass is 16.4. The fourth-order valence-corrected chi connectivity index (χ4v) is 1.13. The zero-order chi connectivity index (χ0) is 12.1. The standard InChI is InChI=1S/C11H14N2O3/c1-7(8(2)11(15)16)10(14)13-9-3-5-12-6-4-9/h3-8H,1-2H3,(H,15,16)(H,12,13,14). The fraction of sp³-hybridized carbons (Fsp3) is 0.364. The number of nitrogens with one attached hydrogen (secondary N) is 1. The van der Waals surface area contributed by atoms with Gasteiger partial charge < -0.3 is 10.4 Å². The minimum Gasteiger partial charge on any atom is -0.481 e. The van der Waals surface area contributed by atoms with Gasteiger partial charge in [-0.15, -0.1) is 0 Å². The van der Waals surface area contributed by atoms with Gasteiger partial charge in [0, 0.05) is 24.0 Å². The van der Waals surface area contributed by atoms with Gasteiger partial charge >= 0.3 is 5.97 Å². The number of carbonyl (C=O) groups excluding carboxylic acids is 1. The Labute approximate surface area is 93.5 Å². The second kappa shape index (κ2) is 5.25. The van der Waals surface area contributed by atoms with Crippen LogP contribution in [-0.4, -0.2) is 22.0 Å². The molecule has 2 unspecified atom stereocenters. The second-order valence-electron chi connectivity index (χ2n) is 3.64. The van der Waals surface area contributed by atoms with E-state index in [1.54, 1.807) is 31.5 Å². The van der Waals surface area contributed by atoms with E-state index in [9.17, 15) is 9.59 Å². The Morgan fingerprint density at radius 3 is 2.31 bits per heavy atom. The summed E-state index contributed by atoms with van der Waals surface area (Å²) in [6.07, 6.45) is 3.11. The molecular weight excluding hydrogens is 208 g/mol. The van der Waals surface area contributed by atoms with Crippen molar-refractivity contribution < 1.29 is 14.7 Å². The Kier molecular flexibility index (Phi) is 3.99. The third-order valence-corrected chi connectivity index (χ3v) is 2.50. The van der Waals surface area contributed by atoms with Crippen LogP contribution in [0.1, 0.15) is 13.8 Å². The van der Waals surface area contributed by atoms with E-state index < -0.39 is 17.8 Å². The zero-order valence-electron chi connectivity index (χ0n) is 9.18. The molecule has 86 valence electrons. The first-order valence-corrected chi connectivity index (χ1v) is 4.96. The Morgan fingerprint density at radius 2 is 1.81 bits per heavy atom. The molecule has 0 bridgehead atoms. The molecule has 1 aromatic heterocycles. The minimum absolute atomic E-state index is 0.305. The average molecular weight is 222 g/mol. The van der Waals surface area contributed by atoms with Crippen molar-refractivity contribution in [2.24, 2.45) is 11.8 Å². The Bertz CT molecular complexity index is 378. The Morgan fingerprint density at radius 1 is 1.25 bits per heavy atom. The van der Waals surface area contributed by atoms with Crippen molar-refractivity contribution >= 4 is 17.6 Å². The first-order chi connectivity index (χ1) is 7.52. The van der Waals surface area contributed by atoms with E-state index in [0.29, 0.717) is 5.69 Å². The maximum atomic E-state index is 11.7. The number of nitrogens with zero attached hydrogens (tertiary/aromatic N) is 1. The number of anilines is 1. The van der Waals surface area contributed by atoms with Crippen LogP contribution in [0, 0.1) is 11.8 Å². The molecule has 0 aliphatic rings. The number of aromatic nitrogens is 1. The van der Waals surface area contributed by atoms with Crippen LogP contribution in [0.15, 0.2) is 24.5 Å². The Hall–Kier alpha value is -1.91. The van der Waals surface area contributed by atoms with E-state index in [1.807, 2.05) is 0 Å². The highest BCUT2D eigenvalue weighted by Gasteiger charge is 2.25. The minimum atomic E-state index is -0.975. The lowest BCUT2D eigenvalue weighted by atomic mass is 9.95. The average Bonchev–Trinajstić information content (AvgIpc) is 2.28. The van der Waals surface area contributed by atoms with Gasteiger partial charge in [-0.25, -0.2) is 0 Å². The molecule has 0 aliphatic carbocycles. The molecule has 0 radical (unpaired) electrons. The highest BCUT2D eigenvalue weighted by molar-refractivity contribution is 5.94. The van der Waals surface area contributed by atoms with Crippen molar-refractivity contribution in [2.45, 2.75) is 13.8 Å². The summed E-state index contributed by atoms with van der Waals surface area (Å²) in [5.74, 6) is -2.56. The second-order valence-corrected chi connectivity index (χ2v) is 3.64. The molecule has 0 aliphatic heterocycles. The summed E-state index contributed by atoms with van der Waals surface area (Å²) in [7, 11) is 0. The quantitative estimate of drug-likeness (QED) is 0.806. The summed E-state index contributed by atoms with van der Waals surface area (Å²) in [6, 6.07) is 3.30. The number of hydrogen-bond donors (Lipinski definition) is 2. The summed E-state index contributed by atoms with van der Waals surface area (Å²) < 4.78 is 0. The number of pyridine rings is 1. The largest absolute Gasteiger partial charge is 0.481 e. The van der Waals surface area contributed by atoms with E-state index in [4.69, 9.17) is 5.11 Å². The number of carbonyl (C=O) groups is 2. The van der Waals surface area contributed by atoms with Crippen molar-refractivity contribution in [2.75, 3.05) is 5.32 Å². The van der Waals surface area contributed by atoms with Crippen LogP contribution in [0.3, 0.4) is 0 Å². The predicted octanol–water partition coefficient (Wildman–Crippen LogP) is 1.38. The molecule has 2 N–H and O–H groups in total. The van der Waals surface area contributed by atoms with Crippen LogP contribution in [0.4, 0.5) is 5.69 Å². The molecule has 1 heterocycles. The molecule has 1 rings (SSSR count).